The molecule has 0 spiro atoms. The van der Waals surface area contributed by atoms with Crippen LogP contribution >= 0.6 is 7.82 Å². The Morgan fingerprint density at radius 1 is 0.458 bits per heavy atom. The monoisotopic (exact) mass is 1210 g/mol. The van der Waals surface area contributed by atoms with Crippen molar-refractivity contribution in [2.45, 2.75) is 186 Å². The predicted octanol–water partition coefficient (Wildman–Crippen LogP) is -3.87. The largest absolute Gasteiger partial charge is 0.481 e. The SMILES string of the molecule is CCCCCCCCCCCCCCCC(=O)N[C@@H](C)C(=O)N[C@@H](C)C(=O)N[C@@H](C)C(=O)N[C@@H](C)C(=O)NCC(=O)NCC(=O)NCC(=O)N[C@@H](COP(=O)(O)O)C(=O)N[C@@H](CCCN=C(N)N)C(=O)NCC(=O)N[C@@H](CC(=O)O)C(=O)O. The minimum atomic E-state index is -5.30. The van der Waals surface area contributed by atoms with Crippen LogP contribution in [0.3, 0.4) is 0 Å². The maximum absolute atomic E-state index is 13.3. The number of hydrogen-bond donors (Lipinski definition) is 17. The van der Waals surface area contributed by atoms with Crippen LogP contribution in [0, 0.1) is 0 Å². The van der Waals surface area contributed by atoms with Crippen LogP contribution in [0.2, 0.25) is 0 Å². The maximum Gasteiger partial charge on any atom is 0.469 e. The molecular weight excluding hydrogens is 1120 g/mol. The molecule has 0 radical (unpaired) electrons. The molecule has 83 heavy (non-hydrogen) atoms. The quantitative estimate of drug-likeness (QED) is 0.0120. The van der Waals surface area contributed by atoms with Crippen LogP contribution in [0.25, 0.3) is 0 Å². The Balaban J connectivity index is 5.02. The second-order valence-electron chi connectivity index (χ2n) is 19.4. The summed E-state index contributed by atoms with van der Waals surface area (Å²) in [7, 11) is -5.30. The smallest absolute Gasteiger partial charge is 0.469 e. The molecule has 472 valence electrons. The third kappa shape index (κ3) is 38.8. The molecule has 0 saturated carbocycles. The van der Waals surface area contributed by atoms with Gasteiger partial charge in [0.25, 0.3) is 0 Å². The number of guanidine groups is 1. The molecule has 7 atom stereocenters. The number of carboxylic acid groups (broad SMARTS) is 2. The molecule has 0 aromatic heterocycles. The van der Waals surface area contributed by atoms with Crippen molar-refractivity contribution in [2.75, 3.05) is 39.3 Å². The number of unbranched alkanes of at least 4 members (excludes halogenated alkanes) is 12. The molecule has 19 N–H and O–H groups in total. The van der Waals surface area contributed by atoms with Gasteiger partial charge in [-0.05, 0) is 47.0 Å². The summed E-state index contributed by atoms with van der Waals surface area (Å²) in [5.41, 5.74) is 10.6. The van der Waals surface area contributed by atoms with Gasteiger partial charge >= 0.3 is 19.8 Å². The molecule has 0 heterocycles. The lowest BCUT2D eigenvalue weighted by Gasteiger charge is -2.23. The van der Waals surface area contributed by atoms with Crippen molar-refractivity contribution in [2.24, 2.45) is 16.5 Å². The molecule has 0 aromatic rings. The molecule has 0 rings (SSSR count). The summed E-state index contributed by atoms with van der Waals surface area (Å²) >= 11 is 0. The molecule has 34 heteroatoms. The molecule has 0 unspecified atom stereocenters. The number of nitrogens with zero attached hydrogens (tertiary/aromatic N) is 1. The molecule has 0 saturated heterocycles. The van der Waals surface area contributed by atoms with Crippen LogP contribution in [0.1, 0.15) is 144 Å². The lowest BCUT2D eigenvalue weighted by atomic mass is 10.0. The fraction of sp³-hybridized carbons (Fsp3) is 0.714. The zero-order valence-electron chi connectivity index (χ0n) is 47.8. The Hall–Kier alpha value is -7.51. The average molecular weight is 1210 g/mol. The second-order valence-corrected chi connectivity index (χ2v) is 20.7. The lowest BCUT2D eigenvalue weighted by Crippen LogP contribution is -2.57. The first-order valence-electron chi connectivity index (χ1n) is 27.3. The highest BCUT2D eigenvalue weighted by molar-refractivity contribution is 7.46. The number of phosphoric ester groups is 1. The van der Waals surface area contributed by atoms with Crippen molar-refractivity contribution in [3.05, 3.63) is 0 Å². The fourth-order valence-electron chi connectivity index (χ4n) is 7.25. The molecule has 11 amide bonds. The summed E-state index contributed by atoms with van der Waals surface area (Å²) in [5, 5.41) is 42.7. The van der Waals surface area contributed by atoms with Gasteiger partial charge in [0.2, 0.25) is 65.0 Å². The van der Waals surface area contributed by atoms with Gasteiger partial charge in [-0.25, -0.2) is 9.36 Å². The van der Waals surface area contributed by atoms with Gasteiger partial charge in [0.1, 0.15) is 42.3 Å². The first-order chi connectivity index (χ1) is 38.9. The zero-order valence-corrected chi connectivity index (χ0v) is 48.7. The zero-order chi connectivity index (χ0) is 63.1. The molecular formula is C49H87N14O19P. The number of aliphatic carboxylic acids is 2. The number of nitrogens with one attached hydrogen (secondary N) is 11. The third-order valence-corrected chi connectivity index (χ3v) is 12.4. The number of carboxylic acids is 2. The Labute approximate surface area is 481 Å². The van der Waals surface area contributed by atoms with Crippen LogP contribution in [0.15, 0.2) is 4.99 Å². The number of rotatable bonds is 45. The summed E-state index contributed by atoms with van der Waals surface area (Å²) < 4.78 is 15.9. The Morgan fingerprint density at radius 3 is 1.33 bits per heavy atom. The minimum absolute atomic E-state index is 0.0124. The van der Waals surface area contributed by atoms with Crippen molar-refractivity contribution < 1.29 is 91.4 Å². The second kappa shape index (κ2) is 42.3. The number of aliphatic imine (C=N–C) groups is 1. The molecule has 0 aromatic carbocycles. The van der Waals surface area contributed by atoms with E-state index >= 15 is 0 Å². The van der Waals surface area contributed by atoms with E-state index in [1.54, 1.807) is 0 Å². The van der Waals surface area contributed by atoms with Crippen LogP contribution < -0.4 is 70.0 Å². The number of carbonyl (C=O) groups excluding carboxylic acids is 11. The average Bonchev–Trinajstić information content (AvgIpc) is 3.51. The van der Waals surface area contributed by atoms with Crippen LogP contribution in [0.5, 0.6) is 0 Å². The Kier molecular flexibility index (Phi) is 38.5. The van der Waals surface area contributed by atoms with E-state index in [1.807, 2.05) is 10.6 Å². The number of nitrogens with two attached hydrogens (primary N) is 2. The first kappa shape index (κ1) is 75.5. The molecule has 0 aliphatic carbocycles. The van der Waals surface area contributed by atoms with Crippen molar-refractivity contribution in [3.63, 3.8) is 0 Å². The topological polar surface area (TPSA) is 526 Å². The van der Waals surface area contributed by atoms with Gasteiger partial charge in [-0.2, -0.15) is 0 Å². The van der Waals surface area contributed by atoms with E-state index in [1.165, 1.54) is 85.5 Å². The van der Waals surface area contributed by atoms with E-state index in [0.29, 0.717) is 6.42 Å². The van der Waals surface area contributed by atoms with Crippen molar-refractivity contribution in [1.82, 2.24) is 58.5 Å². The van der Waals surface area contributed by atoms with Gasteiger partial charge < -0.3 is 90.0 Å². The Bertz CT molecular complexity index is 2250. The van der Waals surface area contributed by atoms with Crippen LogP contribution in [-0.2, 0) is 71.4 Å². The highest BCUT2D eigenvalue weighted by Crippen LogP contribution is 2.35. The minimum Gasteiger partial charge on any atom is -0.481 e. The van der Waals surface area contributed by atoms with Gasteiger partial charge in [-0.3, -0.25) is 67.1 Å². The number of phosphoric acid groups is 1. The normalized spacial score (nSPS) is 13.5. The summed E-state index contributed by atoms with van der Waals surface area (Å²) in [6.45, 7) is 3.04. The predicted molar refractivity (Wildman–Crippen MR) is 296 cm³/mol. The molecule has 0 aliphatic heterocycles. The number of amides is 11. The van der Waals surface area contributed by atoms with Gasteiger partial charge in [-0.15, -0.1) is 0 Å². The van der Waals surface area contributed by atoms with Crippen molar-refractivity contribution in [1.29, 1.82) is 0 Å². The van der Waals surface area contributed by atoms with Gasteiger partial charge in [0.05, 0.1) is 39.2 Å². The first-order valence-corrected chi connectivity index (χ1v) is 28.9. The molecule has 0 bridgehead atoms. The van der Waals surface area contributed by atoms with E-state index in [0.717, 1.165) is 19.3 Å². The van der Waals surface area contributed by atoms with Crippen molar-refractivity contribution >= 4 is 90.7 Å². The number of hydrogen-bond acceptors (Lipinski definition) is 16. The summed E-state index contributed by atoms with van der Waals surface area (Å²) in [5.74, 6) is -13.5. The lowest BCUT2D eigenvalue weighted by molar-refractivity contribution is -0.147. The standard InChI is InChI=1S/C49H87N14O19P/c1-6-7-8-9-10-11-12-13-14-15-16-17-18-21-36(64)57-30(3)43(72)59-32(5)45(74)60-31(4)44(73)58-29(2)42(71)55-25-38(66)53-24-37(65)54-26-39(67)62-35(28-82-83(79,80)81)47(76)63-33(20-19-22-52-49(50)51)46(75)56-27-40(68)61-34(48(77)78)23-41(69)70/h29-35H,6-28H2,1-5H3,(H,53,66)(H,54,65)(H,55,71)(H,56,75)(H,57,64)(H,58,73)(H,59,72)(H,60,74)(H,61,68)(H,62,67)(H,63,76)(H,69,70)(H,77,78)(H4,50,51,52)(H2,79,80,81)/t29-,30-,31-,32-,33-,34-,35-/m0/s1. The molecule has 0 aliphatic rings. The highest BCUT2D eigenvalue weighted by Gasteiger charge is 2.31. The van der Waals surface area contributed by atoms with E-state index in [4.69, 9.17) is 21.7 Å². The maximum atomic E-state index is 13.3. The van der Waals surface area contributed by atoms with E-state index in [-0.39, 0.29) is 37.7 Å². The van der Waals surface area contributed by atoms with Crippen molar-refractivity contribution in [3.8, 4) is 0 Å². The van der Waals surface area contributed by atoms with Crippen LogP contribution in [0.4, 0.5) is 0 Å². The number of carbonyl (C=O) groups is 13. The molecule has 0 fully saturated rings. The van der Waals surface area contributed by atoms with E-state index in [9.17, 15) is 76.7 Å². The molecule has 33 nitrogen and oxygen atoms in total. The summed E-state index contributed by atoms with van der Waals surface area (Å²) in [6, 6.07) is -9.94. The van der Waals surface area contributed by atoms with Gasteiger partial charge in [0, 0.05) is 13.0 Å². The summed E-state index contributed by atoms with van der Waals surface area (Å²) in [4.78, 5) is 184. The van der Waals surface area contributed by atoms with Gasteiger partial charge in [-0.1, -0.05) is 84.0 Å². The fourth-order valence-corrected chi connectivity index (χ4v) is 7.60. The Morgan fingerprint density at radius 2 is 0.867 bits per heavy atom. The summed E-state index contributed by atoms with van der Waals surface area (Å²) in [6.07, 6.45) is 14.1. The third-order valence-electron chi connectivity index (χ3n) is 11.9. The van der Waals surface area contributed by atoms with E-state index < -0.39 is 160 Å². The van der Waals surface area contributed by atoms with Gasteiger partial charge in [0.15, 0.2) is 5.96 Å². The highest BCUT2D eigenvalue weighted by atomic mass is 31.2. The van der Waals surface area contributed by atoms with Crippen LogP contribution in [-0.4, -0.2) is 185 Å². The van der Waals surface area contributed by atoms with E-state index in [2.05, 4.69) is 64.3 Å².